The zero-order chi connectivity index (χ0) is 24.1. The third-order valence-corrected chi connectivity index (χ3v) is 8.30. The van der Waals surface area contributed by atoms with Gasteiger partial charge in [0, 0.05) is 31.5 Å². The SMILES string of the molecule is CC(C)C[C@@H](NC(=O)C1CCN(S(=O)(=O)c2ccc3c(c2)OCCCO3)CC1)c1ccccc1. The fourth-order valence-electron chi connectivity index (χ4n) is 4.54. The first-order chi connectivity index (χ1) is 16.3. The van der Waals surface area contributed by atoms with E-state index < -0.39 is 10.0 Å². The van der Waals surface area contributed by atoms with Crippen LogP contribution in [-0.4, -0.2) is 44.9 Å². The van der Waals surface area contributed by atoms with Crippen molar-refractivity contribution < 1.29 is 22.7 Å². The molecule has 2 aromatic rings. The predicted octanol–water partition coefficient (Wildman–Crippen LogP) is 4.15. The van der Waals surface area contributed by atoms with Crippen LogP contribution >= 0.6 is 0 Å². The van der Waals surface area contributed by atoms with Gasteiger partial charge in [-0.2, -0.15) is 4.31 Å². The lowest BCUT2D eigenvalue weighted by Gasteiger charge is -2.32. The fraction of sp³-hybridized carbons (Fsp3) is 0.500. The Kier molecular flexibility index (Phi) is 7.78. The highest BCUT2D eigenvalue weighted by molar-refractivity contribution is 7.89. The van der Waals surface area contributed by atoms with E-state index in [1.54, 1.807) is 18.2 Å². The fourth-order valence-corrected chi connectivity index (χ4v) is 6.02. The topological polar surface area (TPSA) is 84.9 Å². The molecule has 1 fully saturated rings. The summed E-state index contributed by atoms with van der Waals surface area (Å²) in [7, 11) is -3.67. The largest absolute Gasteiger partial charge is 0.490 e. The zero-order valence-electron chi connectivity index (χ0n) is 19.9. The van der Waals surface area contributed by atoms with Gasteiger partial charge < -0.3 is 14.8 Å². The number of nitrogens with one attached hydrogen (secondary N) is 1. The van der Waals surface area contributed by atoms with Gasteiger partial charge in [-0.1, -0.05) is 44.2 Å². The van der Waals surface area contributed by atoms with Crippen LogP contribution < -0.4 is 14.8 Å². The van der Waals surface area contributed by atoms with E-state index in [1.165, 1.54) is 4.31 Å². The number of carbonyl (C=O) groups is 1. The highest BCUT2D eigenvalue weighted by Gasteiger charge is 2.33. The van der Waals surface area contributed by atoms with Gasteiger partial charge in [-0.15, -0.1) is 0 Å². The van der Waals surface area contributed by atoms with Crippen LogP contribution in [0.2, 0.25) is 0 Å². The van der Waals surface area contributed by atoms with Gasteiger partial charge in [0.25, 0.3) is 0 Å². The van der Waals surface area contributed by atoms with Crippen molar-refractivity contribution in [2.45, 2.75) is 50.5 Å². The van der Waals surface area contributed by atoms with Crippen molar-refractivity contribution in [2.75, 3.05) is 26.3 Å². The van der Waals surface area contributed by atoms with Crippen LogP contribution in [0.25, 0.3) is 0 Å². The van der Waals surface area contributed by atoms with Crippen molar-refractivity contribution in [1.82, 2.24) is 9.62 Å². The molecule has 1 N–H and O–H groups in total. The van der Waals surface area contributed by atoms with Gasteiger partial charge in [0.15, 0.2) is 11.5 Å². The summed E-state index contributed by atoms with van der Waals surface area (Å²) in [6.07, 6.45) is 2.61. The summed E-state index contributed by atoms with van der Waals surface area (Å²) in [5.41, 5.74) is 1.10. The first-order valence-electron chi connectivity index (χ1n) is 12.1. The minimum Gasteiger partial charge on any atom is -0.490 e. The maximum Gasteiger partial charge on any atom is 0.243 e. The molecule has 1 amide bonds. The van der Waals surface area contributed by atoms with Gasteiger partial charge in [0.2, 0.25) is 15.9 Å². The van der Waals surface area contributed by atoms with Crippen LogP contribution in [0.4, 0.5) is 0 Å². The molecule has 0 saturated carbocycles. The standard InChI is InChI=1S/C26H34N2O5S/c1-19(2)17-23(20-7-4-3-5-8-20)27-26(29)21-11-13-28(14-12-21)34(30,31)22-9-10-24-25(18-22)33-16-6-15-32-24/h3-5,7-10,18-19,21,23H,6,11-17H2,1-2H3,(H,27,29)/t23-/m1/s1. The lowest BCUT2D eigenvalue weighted by atomic mass is 9.93. The number of rotatable bonds is 7. The van der Waals surface area contributed by atoms with E-state index in [0.29, 0.717) is 56.6 Å². The summed E-state index contributed by atoms with van der Waals surface area (Å²) in [4.78, 5) is 13.3. The summed E-state index contributed by atoms with van der Waals surface area (Å²) in [6, 6.07) is 14.7. The number of carbonyl (C=O) groups excluding carboxylic acids is 1. The third-order valence-electron chi connectivity index (χ3n) is 6.41. The van der Waals surface area contributed by atoms with E-state index in [-0.39, 0.29) is 22.8 Å². The molecule has 184 valence electrons. The van der Waals surface area contributed by atoms with E-state index in [0.717, 1.165) is 18.4 Å². The van der Waals surface area contributed by atoms with Gasteiger partial charge >= 0.3 is 0 Å². The molecule has 0 radical (unpaired) electrons. The second kappa shape index (κ2) is 10.8. The van der Waals surface area contributed by atoms with Crippen LogP contribution in [0.5, 0.6) is 11.5 Å². The molecule has 2 aliphatic rings. The Bertz CT molecular complexity index is 1080. The van der Waals surface area contributed by atoms with Crippen LogP contribution in [0.1, 0.15) is 51.1 Å². The molecule has 0 unspecified atom stereocenters. The van der Waals surface area contributed by atoms with E-state index in [4.69, 9.17) is 9.47 Å². The van der Waals surface area contributed by atoms with E-state index in [9.17, 15) is 13.2 Å². The Labute approximate surface area is 202 Å². The average Bonchev–Trinajstić information content (AvgIpc) is 3.09. The number of hydrogen-bond acceptors (Lipinski definition) is 5. The quantitative estimate of drug-likeness (QED) is 0.636. The molecule has 2 aliphatic heterocycles. The van der Waals surface area contributed by atoms with Crippen molar-refractivity contribution in [3.05, 3.63) is 54.1 Å². The number of fused-ring (bicyclic) bond motifs is 1. The first-order valence-corrected chi connectivity index (χ1v) is 13.5. The van der Waals surface area contributed by atoms with Gasteiger partial charge in [0.1, 0.15) is 0 Å². The molecule has 0 spiro atoms. The monoisotopic (exact) mass is 486 g/mol. The molecule has 2 heterocycles. The van der Waals surface area contributed by atoms with E-state index in [1.807, 2.05) is 30.3 Å². The first kappa shape index (κ1) is 24.5. The third kappa shape index (κ3) is 5.73. The van der Waals surface area contributed by atoms with Crippen molar-refractivity contribution in [2.24, 2.45) is 11.8 Å². The second-order valence-electron chi connectivity index (χ2n) is 9.44. The number of benzene rings is 2. The highest BCUT2D eigenvalue weighted by atomic mass is 32.2. The lowest BCUT2D eigenvalue weighted by Crippen LogP contribution is -2.43. The highest BCUT2D eigenvalue weighted by Crippen LogP contribution is 2.34. The van der Waals surface area contributed by atoms with Crippen molar-refractivity contribution in [3.8, 4) is 11.5 Å². The normalized spacial score (nSPS) is 18.3. The molecule has 1 saturated heterocycles. The number of piperidine rings is 1. The smallest absolute Gasteiger partial charge is 0.243 e. The Hall–Kier alpha value is -2.58. The molecule has 7 nitrogen and oxygen atoms in total. The van der Waals surface area contributed by atoms with Crippen LogP contribution in [0.15, 0.2) is 53.4 Å². The van der Waals surface area contributed by atoms with Crippen molar-refractivity contribution in [1.29, 1.82) is 0 Å². The van der Waals surface area contributed by atoms with Crippen LogP contribution in [0.3, 0.4) is 0 Å². The van der Waals surface area contributed by atoms with Gasteiger partial charge in [0.05, 0.1) is 24.2 Å². The Balaban J connectivity index is 1.39. The van der Waals surface area contributed by atoms with Gasteiger partial charge in [-0.3, -0.25) is 4.79 Å². The molecular formula is C26H34N2O5S. The molecule has 2 aromatic carbocycles. The Morgan fingerprint density at radius 1 is 1.03 bits per heavy atom. The summed E-state index contributed by atoms with van der Waals surface area (Å²) in [6.45, 7) is 5.97. The molecule has 34 heavy (non-hydrogen) atoms. The molecule has 0 aromatic heterocycles. The Morgan fingerprint density at radius 2 is 1.71 bits per heavy atom. The number of nitrogens with zero attached hydrogens (tertiary/aromatic N) is 1. The predicted molar refractivity (Wildman–Crippen MR) is 130 cm³/mol. The average molecular weight is 487 g/mol. The zero-order valence-corrected chi connectivity index (χ0v) is 20.7. The van der Waals surface area contributed by atoms with Gasteiger partial charge in [-0.05, 0) is 42.9 Å². The lowest BCUT2D eigenvalue weighted by molar-refractivity contribution is -0.127. The van der Waals surface area contributed by atoms with Crippen molar-refractivity contribution >= 4 is 15.9 Å². The summed E-state index contributed by atoms with van der Waals surface area (Å²) in [5, 5.41) is 3.22. The maximum atomic E-state index is 13.2. The molecule has 8 heteroatoms. The Morgan fingerprint density at radius 3 is 2.38 bits per heavy atom. The van der Waals surface area contributed by atoms with Crippen molar-refractivity contribution in [3.63, 3.8) is 0 Å². The number of sulfonamides is 1. The number of amides is 1. The molecule has 0 aliphatic carbocycles. The number of ether oxygens (including phenoxy) is 2. The van der Waals surface area contributed by atoms with E-state index in [2.05, 4.69) is 19.2 Å². The molecule has 4 rings (SSSR count). The molecule has 1 atom stereocenters. The van der Waals surface area contributed by atoms with Crippen LogP contribution in [0, 0.1) is 11.8 Å². The summed E-state index contributed by atoms with van der Waals surface area (Å²) >= 11 is 0. The maximum absolute atomic E-state index is 13.2. The van der Waals surface area contributed by atoms with Gasteiger partial charge in [-0.25, -0.2) is 8.42 Å². The minimum atomic E-state index is -3.67. The second-order valence-corrected chi connectivity index (χ2v) is 11.4. The molecule has 0 bridgehead atoms. The minimum absolute atomic E-state index is 0.00197. The summed E-state index contributed by atoms with van der Waals surface area (Å²) < 4.78 is 39.2. The summed E-state index contributed by atoms with van der Waals surface area (Å²) in [5.74, 6) is 1.27. The number of hydrogen-bond donors (Lipinski definition) is 1. The van der Waals surface area contributed by atoms with Crippen LogP contribution in [-0.2, 0) is 14.8 Å². The molecular weight excluding hydrogens is 452 g/mol. The van der Waals surface area contributed by atoms with E-state index >= 15 is 0 Å².